The minimum absolute atomic E-state index is 0.103. The van der Waals surface area contributed by atoms with Crippen LogP contribution in [0.2, 0.25) is 0 Å². The Hall–Kier alpha value is -2.59. The quantitative estimate of drug-likeness (QED) is 0.674. The van der Waals surface area contributed by atoms with Gasteiger partial charge in [0.2, 0.25) is 0 Å². The highest BCUT2D eigenvalue weighted by Crippen LogP contribution is 2.37. The summed E-state index contributed by atoms with van der Waals surface area (Å²) in [7, 11) is 0. The molecule has 0 bridgehead atoms. The molecular formula is C21H16BrNO2. The molecule has 0 aromatic heterocycles. The molecule has 0 spiro atoms. The van der Waals surface area contributed by atoms with Crippen molar-refractivity contribution in [3.63, 3.8) is 0 Å². The summed E-state index contributed by atoms with van der Waals surface area (Å²) in [5.41, 5.74) is 3.72. The van der Waals surface area contributed by atoms with E-state index in [1.165, 1.54) is 0 Å². The summed E-state index contributed by atoms with van der Waals surface area (Å²) >= 11 is 3.53. The topological polar surface area (TPSA) is 38.3 Å². The molecule has 1 unspecified atom stereocenters. The molecule has 4 heteroatoms. The minimum atomic E-state index is -0.265. The van der Waals surface area contributed by atoms with Gasteiger partial charge in [-0.15, -0.1) is 0 Å². The van der Waals surface area contributed by atoms with Crippen molar-refractivity contribution in [3.05, 3.63) is 99.5 Å². The van der Waals surface area contributed by atoms with Crippen LogP contribution in [0, 0.1) is 0 Å². The maximum atomic E-state index is 12.8. The van der Waals surface area contributed by atoms with Crippen LogP contribution >= 0.6 is 15.9 Å². The molecule has 1 heterocycles. The lowest BCUT2D eigenvalue weighted by Gasteiger charge is -2.21. The standard InChI is InChI=1S/C21H16BrNO2/c22-16-10-11-19-18(12-16)20(17-9-5-4-8-15(17)13-25-19)23-21(24)14-6-2-1-3-7-14/h1-12,20H,13H2,(H,23,24). The third-order valence-electron chi connectivity index (χ3n) is 4.34. The van der Waals surface area contributed by atoms with Gasteiger partial charge in [0, 0.05) is 15.6 Å². The van der Waals surface area contributed by atoms with Crippen LogP contribution in [-0.2, 0) is 6.61 Å². The molecule has 1 aliphatic rings. The molecule has 1 aliphatic heterocycles. The lowest BCUT2D eigenvalue weighted by molar-refractivity contribution is 0.0943. The zero-order chi connectivity index (χ0) is 17.2. The zero-order valence-electron chi connectivity index (χ0n) is 13.4. The Morgan fingerprint density at radius 1 is 0.960 bits per heavy atom. The summed E-state index contributed by atoms with van der Waals surface area (Å²) in [6.45, 7) is 0.489. The van der Waals surface area contributed by atoms with Gasteiger partial charge < -0.3 is 10.1 Å². The molecule has 3 nitrogen and oxygen atoms in total. The van der Waals surface area contributed by atoms with Gasteiger partial charge in [0.15, 0.2) is 0 Å². The molecule has 0 radical (unpaired) electrons. The number of ether oxygens (including phenoxy) is 1. The Balaban J connectivity index is 1.79. The van der Waals surface area contributed by atoms with Crippen molar-refractivity contribution in [2.75, 3.05) is 0 Å². The number of nitrogens with one attached hydrogen (secondary N) is 1. The van der Waals surface area contributed by atoms with E-state index in [1.807, 2.05) is 72.8 Å². The van der Waals surface area contributed by atoms with Gasteiger partial charge in [-0.05, 0) is 41.5 Å². The first kappa shape index (κ1) is 15.9. The molecule has 0 fully saturated rings. The monoisotopic (exact) mass is 393 g/mol. The number of fused-ring (bicyclic) bond motifs is 2. The third kappa shape index (κ3) is 3.17. The highest BCUT2D eigenvalue weighted by molar-refractivity contribution is 9.10. The van der Waals surface area contributed by atoms with E-state index in [4.69, 9.17) is 4.74 Å². The largest absolute Gasteiger partial charge is 0.489 e. The number of halogens is 1. The number of carbonyl (C=O) groups is 1. The molecule has 0 aliphatic carbocycles. The summed E-state index contributed by atoms with van der Waals surface area (Å²) < 4.78 is 6.93. The molecule has 1 amide bonds. The minimum Gasteiger partial charge on any atom is -0.489 e. The Kier molecular flexibility index (Phi) is 4.28. The zero-order valence-corrected chi connectivity index (χ0v) is 15.0. The average molecular weight is 394 g/mol. The fraction of sp³-hybridized carbons (Fsp3) is 0.0952. The average Bonchev–Trinajstić information content (AvgIpc) is 2.80. The van der Waals surface area contributed by atoms with Crippen molar-refractivity contribution in [1.29, 1.82) is 0 Å². The predicted molar refractivity (Wildman–Crippen MR) is 101 cm³/mol. The van der Waals surface area contributed by atoms with E-state index in [0.29, 0.717) is 12.2 Å². The van der Waals surface area contributed by atoms with Crippen LogP contribution in [0.4, 0.5) is 0 Å². The Morgan fingerprint density at radius 3 is 2.56 bits per heavy atom. The number of rotatable bonds is 2. The molecule has 3 aromatic rings. The van der Waals surface area contributed by atoms with Crippen LogP contribution < -0.4 is 10.1 Å². The van der Waals surface area contributed by atoms with Gasteiger partial charge in [-0.25, -0.2) is 0 Å². The van der Waals surface area contributed by atoms with Crippen LogP contribution in [-0.4, -0.2) is 5.91 Å². The summed E-state index contributed by atoms with van der Waals surface area (Å²) in [5.74, 6) is 0.686. The van der Waals surface area contributed by atoms with Crippen LogP contribution in [0.3, 0.4) is 0 Å². The van der Waals surface area contributed by atoms with Gasteiger partial charge in [0.1, 0.15) is 12.4 Å². The Morgan fingerprint density at radius 2 is 1.72 bits per heavy atom. The number of hydrogen-bond acceptors (Lipinski definition) is 2. The second-order valence-electron chi connectivity index (χ2n) is 5.94. The second-order valence-corrected chi connectivity index (χ2v) is 6.86. The van der Waals surface area contributed by atoms with E-state index < -0.39 is 0 Å². The number of benzene rings is 3. The Bertz CT molecular complexity index is 924. The van der Waals surface area contributed by atoms with Gasteiger partial charge >= 0.3 is 0 Å². The molecule has 0 saturated carbocycles. The first-order valence-corrected chi connectivity index (χ1v) is 8.87. The normalized spacial score (nSPS) is 15.3. The van der Waals surface area contributed by atoms with Crippen molar-refractivity contribution in [1.82, 2.24) is 5.32 Å². The van der Waals surface area contributed by atoms with Gasteiger partial charge in [-0.2, -0.15) is 0 Å². The van der Waals surface area contributed by atoms with Gasteiger partial charge in [0.25, 0.3) is 5.91 Å². The molecule has 1 N–H and O–H groups in total. The van der Waals surface area contributed by atoms with Crippen LogP contribution in [0.1, 0.15) is 33.1 Å². The van der Waals surface area contributed by atoms with Crippen molar-refractivity contribution in [2.24, 2.45) is 0 Å². The van der Waals surface area contributed by atoms with E-state index in [-0.39, 0.29) is 11.9 Å². The van der Waals surface area contributed by atoms with Crippen LogP contribution in [0.5, 0.6) is 5.75 Å². The molecule has 25 heavy (non-hydrogen) atoms. The molecule has 1 atom stereocenters. The fourth-order valence-electron chi connectivity index (χ4n) is 3.11. The van der Waals surface area contributed by atoms with E-state index in [9.17, 15) is 4.79 Å². The van der Waals surface area contributed by atoms with Crippen LogP contribution in [0.15, 0.2) is 77.3 Å². The van der Waals surface area contributed by atoms with Gasteiger partial charge in [-0.3, -0.25) is 4.79 Å². The highest BCUT2D eigenvalue weighted by atomic mass is 79.9. The second kappa shape index (κ2) is 6.73. The summed E-state index contributed by atoms with van der Waals surface area (Å²) in [4.78, 5) is 12.8. The van der Waals surface area contributed by atoms with Crippen molar-refractivity contribution in [2.45, 2.75) is 12.6 Å². The van der Waals surface area contributed by atoms with E-state index in [1.54, 1.807) is 0 Å². The maximum Gasteiger partial charge on any atom is 0.252 e. The van der Waals surface area contributed by atoms with Crippen molar-refractivity contribution in [3.8, 4) is 5.75 Å². The molecule has 0 saturated heterocycles. The lowest BCUT2D eigenvalue weighted by atomic mass is 9.94. The predicted octanol–water partition coefficient (Wildman–Crippen LogP) is 4.86. The van der Waals surface area contributed by atoms with Gasteiger partial charge in [-0.1, -0.05) is 58.4 Å². The summed E-state index contributed by atoms with van der Waals surface area (Å²) in [6.07, 6.45) is 0. The number of amides is 1. The molecule has 124 valence electrons. The molecular weight excluding hydrogens is 378 g/mol. The number of hydrogen-bond donors (Lipinski definition) is 1. The maximum absolute atomic E-state index is 12.8. The van der Waals surface area contributed by atoms with E-state index >= 15 is 0 Å². The summed E-state index contributed by atoms with van der Waals surface area (Å²) in [6, 6.07) is 23.0. The highest BCUT2D eigenvalue weighted by Gasteiger charge is 2.26. The first-order chi connectivity index (χ1) is 12.2. The van der Waals surface area contributed by atoms with Crippen molar-refractivity contribution >= 4 is 21.8 Å². The SMILES string of the molecule is O=C(NC1c2ccccc2COc2ccc(Br)cc21)c1ccccc1. The molecule has 4 rings (SSSR count). The van der Waals surface area contributed by atoms with Crippen LogP contribution in [0.25, 0.3) is 0 Å². The molecule has 3 aromatic carbocycles. The van der Waals surface area contributed by atoms with E-state index in [0.717, 1.165) is 26.9 Å². The van der Waals surface area contributed by atoms with E-state index in [2.05, 4.69) is 21.2 Å². The van der Waals surface area contributed by atoms with Gasteiger partial charge in [0.05, 0.1) is 6.04 Å². The smallest absolute Gasteiger partial charge is 0.252 e. The Labute approximate surface area is 154 Å². The lowest BCUT2D eigenvalue weighted by Crippen LogP contribution is -2.29. The third-order valence-corrected chi connectivity index (χ3v) is 4.84. The number of carbonyl (C=O) groups excluding carboxylic acids is 1. The fourth-order valence-corrected chi connectivity index (χ4v) is 3.48. The first-order valence-electron chi connectivity index (χ1n) is 8.08. The van der Waals surface area contributed by atoms with Crippen molar-refractivity contribution < 1.29 is 9.53 Å². The summed E-state index contributed by atoms with van der Waals surface area (Å²) in [5, 5.41) is 3.18.